The van der Waals surface area contributed by atoms with E-state index in [0.29, 0.717) is 17.9 Å². The van der Waals surface area contributed by atoms with Gasteiger partial charge in [-0.05, 0) is 24.1 Å². The van der Waals surface area contributed by atoms with E-state index in [1.165, 1.54) is 12.1 Å². The zero-order valence-electron chi connectivity index (χ0n) is 9.09. The fourth-order valence-electron chi connectivity index (χ4n) is 1.28. The Labute approximate surface area is 89.3 Å². The van der Waals surface area contributed by atoms with Gasteiger partial charge in [0.25, 0.3) is 0 Å². The van der Waals surface area contributed by atoms with Gasteiger partial charge < -0.3 is 5.73 Å². The number of ketones is 1. The molecule has 3 heteroatoms. The summed E-state index contributed by atoms with van der Waals surface area (Å²) in [6, 6.07) is 4.21. The molecule has 0 fully saturated rings. The Balaban J connectivity index is 2.78. The highest BCUT2D eigenvalue weighted by Gasteiger charge is 2.11. The molecule has 15 heavy (non-hydrogen) atoms. The normalized spacial score (nSPS) is 12.5. The van der Waals surface area contributed by atoms with Crippen LogP contribution in [0.5, 0.6) is 0 Å². The van der Waals surface area contributed by atoms with Crippen molar-refractivity contribution in [3.63, 3.8) is 0 Å². The lowest BCUT2D eigenvalue weighted by atomic mass is 9.98. The highest BCUT2D eigenvalue weighted by Crippen LogP contribution is 2.16. The first-order chi connectivity index (χ1) is 7.04. The van der Waals surface area contributed by atoms with E-state index in [4.69, 9.17) is 5.73 Å². The standard InChI is InChI=1S/C12H16FNO/c1-3-8(2)6-12(15)9-4-5-11(14)10(13)7-9/h4-5,7-8H,3,6,14H2,1-2H3. The highest BCUT2D eigenvalue weighted by molar-refractivity contribution is 5.96. The molecule has 0 amide bonds. The van der Waals surface area contributed by atoms with Crippen molar-refractivity contribution >= 4 is 11.5 Å². The third-order valence-corrected chi connectivity index (χ3v) is 2.55. The number of halogens is 1. The molecule has 0 heterocycles. The molecule has 0 saturated carbocycles. The van der Waals surface area contributed by atoms with Crippen LogP contribution in [0.2, 0.25) is 0 Å². The SMILES string of the molecule is CCC(C)CC(=O)c1ccc(N)c(F)c1. The van der Waals surface area contributed by atoms with Crippen LogP contribution in [0.3, 0.4) is 0 Å². The number of nitrogens with two attached hydrogens (primary N) is 1. The summed E-state index contributed by atoms with van der Waals surface area (Å²) in [7, 11) is 0. The molecule has 0 spiro atoms. The minimum Gasteiger partial charge on any atom is -0.396 e. The second-order valence-corrected chi connectivity index (χ2v) is 3.88. The van der Waals surface area contributed by atoms with Crippen LogP contribution >= 0.6 is 0 Å². The van der Waals surface area contributed by atoms with E-state index in [1.54, 1.807) is 6.07 Å². The maximum absolute atomic E-state index is 13.1. The van der Waals surface area contributed by atoms with Crippen molar-refractivity contribution in [2.45, 2.75) is 26.7 Å². The predicted octanol–water partition coefficient (Wildman–Crippen LogP) is 3.03. The van der Waals surface area contributed by atoms with Crippen LogP contribution in [0.4, 0.5) is 10.1 Å². The molecule has 1 rings (SSSR count). The molecule has 82 valence electrons. The molecule has 0 saturated heterocycles. The number of carbonyl (C=O) groups is 1. The Morgan fingerprint density at radius 2 is 2.20 bits per heavy atom. The highest BCUT2D eigenvalue weighted by atomic mass is 19.1. The lowest BCUT2D eigenvalue weighted by molar-refractivity contribution is 0.0963. The summed E-state index contributed by atoms with van der Waals surface area (Å²) in [5, 5.41) is 0. The van der Waals surface area contributed by atoms with Gasteiger partial charge in [-0.2, -0.15) is 0 Å². The Bertz CT molecular complexity index is 363. The third kappa shape index (κ3) is 3.05. The Hall–Kier alpha value is -1.38. The molecule has 0 aliphatic carbocycles. The van der Waals surface area contributed by atoms with Gasteiger partial charge >= 0.3 is 0 Å². The zero-order chi connectivity index (χ0) is 11.4. The Morgan fingerprint density at radius 1 is 1.53 bits per heavy atom. The molecule has 0 aromatic heterocycles. The maximum atomic E-state index is 13.1. The molecule has 0 radical (unpaired) electrons. The lowest BCUT2D eigenvalue weighted by Crippen LogP contribution is -2.06. The van der Waals surface area contributed by atoms with Crippen molar-refractivity contribution < 1.29 is 9.18 Å². The van der Waals surface area contributed by atoms with Crippen LogP contribution in [-0.2, 0) is 0 Å². The van der Waals surface area contributed by atoms with E-state index >= 15 is 0 Å². The first-order valence-corrected chi connectivity index (χ1v) is 5.12. The summed E-state index contributed by atoms with van der Waals surface area (Å²) >= 11 is 0. The second kappa shape index (κ2) is 4.91. The molecule has 1 aromatic carbocycles. The van der Waals surface area contributed by atoms with Crippen LogP contribution in [0, 0.1) is 11.7 Å². The van der Waals surface area contributed by atoms with Crippen molar-refractivity contribution in [3.8, 4) is 0 Å². The van der Waals surface area contributed by atoms with E-state index in [-0.39, 0.29) is 11.5 Å². The van der Waals surface area contributed by atoms with Gasteiger partial charge in [-0.15, -0.1) is 0 Å². The van der Waals surface area contributed by atoms with Gasteiger partial charge in [0.15, 0.2) is 5.78 Å². The number of nitrogen functional groups attached to an aromatic ring is 1. The predicted molar refractivity (Wildman–Crippen MR) is 59.2 cm³/mol. The van der Waals surface area contributed by atoms with Gasteiger partial charge in [0, 0.05) is 12.0 Å². The molecule has 0 aliphatic rings. The first kappa shape index (κ1) is 11.7. The average molecular weight is 209 g/mol. The van der Waals surface area contributed by atoms with E-state index < -0.39 is 5.82 Å². The summed E-state index contributed by atoms with van der Waals surface area (Å²) in [6.07, 6.45) is 1.41. The molecule has 1 atom stereocenters. The fourth-order valence-corrected chi connectivity index (χ4v) is 1.28. The summed E-state index contributed by atoms with van der Waals surface area (Å²) in [4.78, 5) is 11.7. The third-order valence-electron chi connectivity index (χ3n) is 2.55. The van der Waals surface area contributed by atoms with Crippen molar-refractivity contribution in [3.05, 3.63) is 29.6 Å². The number of rotatable bonds is 4. The molecule has 2 N–H and O–H groups in total. The van der Waals surface area contributed by atoms with Crippen molar-refractivity contribution in [1.29, 1.82) is 0 Å². The number of Topliss-reactive ketones (excluding diaryl/α,β-unsaturated/α-hetero) is 1. The molecule has 0 bridgehead atoms. The van der Waals surface area contributed by atoms with E-state index in [0.717, 1.165) is 6.42 Å². The Kier molecular flexibility index (Phi) is 3.83. The smallest absolute Gasteiger partial charge is 0.163 e. The minimum atomic E-state index is -0.523. The van der Waals surface area contributed by atoms with E-state index in [2.05, 4.69) is 0 Å². The van der Waals surface area contributed by atoms with Gasteiger partial charge in [-0.3, -0.25) is 4.79 Å². The minimum absolute atomic E-state index is 0.0248. The number of carbonyl (C=O) groups excluding carboxylic acids is 1. The lowest BCUT2D eigenvalue weighted by Gasteiger charge is -2.07. The second-order valence-electron chi connectivity index (χ2n) is 3.88. The van der Waals surface area contributed by atoms with Gasteiger partial charge in [-0.25, -0.2) is 4.39 Å². The summed E-state index contributed by atoms with van der Waals surface area (Å²) < 4.78 is 13.1. The monoisotopic (exact) mass is 209 g/mol. The summed E-state index contributed by atoms with van der Waals surface area (Å²) in [5.74, 6) is -0.216. The first-order valence-electron chi connectivity index (χ1n) is 5.12. The average Bonchev–Trinajstić information content (AvgIpc) is 2.21. The van der Waals surface area contributed by atoms with Crippen molar-refractivity contribution in [1.82, 2.24) is 0 Å². The molecular formula is C12H16FNO. The number of hydrogen-bond donors (Lipinski definition) is 1. The van der Waals surface area contributed by atoms with Gasteiger partial charge in [0.05, 0.1) is 5.69 Å². The summed E-state index contributed by atoms with van der Waals surface area (Å²) in [5.41, 5.74) is 5.81. The topological polar surface area (TPSA) is 43.1 Å². The van der Waals surface area contributed by atoms with Crippen LogP contribution < -0.4 is 5.73 Å². The van der Waals surface area contributed by atoms with Gasteiger partial charge in [0.2, 0.25) is 0 Å². The molecular weight excluding hydrogens is 193 g/mol. The van der Waals surface area contributed by atoms with Gasteiger partial charge in [-0.1, -0.05) is 20.3 Å². The van der Waals surface area contributed by atoms with Gasteiger partial charge in [0.1, 0.15) is 5.82 Å². The molecule has 2 nitrogen and oxygen atoms in total. The summed E-state index contributed by atoms with van der Waals surface area (Å²) in [6.45, 7) is 4.03. The zero-order valence-corrected chi connectivity index (χ0v) is 9.09. The number of hydrogen-bond acceptors (Lipinski definition) is 2. The molecule has 1 aromatic rings. The molecule has 0 aliphatic heterocycles. The van der Waals surface area contributed by atoms with Crippen molar-refractivity contribution in [2.24, 2.45) is 5.92 Å². The maximum Gasteiger partial charge on any atom is 0.163 e. The van der Waals surface area contributed by atoms with Crippen LogP contribution in [0.1, 0.15) is 37.0 Å². The fraction of sp³-hybridized carbons (Fsp3) is 0.417. The largest absolute Gasteiger partial charge is 0.396 e. The van der Waals surface area contributed by atoms with Crippen LogP contribution in [-0.4, -0.2) is 5.78 Å². The number of benzene rings is 1. The number of anilines is 1. The molecule has 1 unspecified atom stereocenters. The van der Waals surface area contributed by atoms with Crippen LogP contribution in [0.15, 0.2) is 18.2 Å². The Morgan fingerprint density at radius 3 is 2.73 bits per heavy atom. The van der Waals surface area contributed by atoms with E-state index in [1.807, 2.05) is 13.8 Å². The quantitative estimate of drug-likeness (QED) is 0.611. The van der Waals surface area contributed by atoms with Crippen LogP contribution in [0.25, 0.3) is 0 Å². The van der Waals surface area contributed by atoms with Crippen molar-refractivity contribution in [2.75, 3.05) is 5.73 Å². The van der Waals surface area contributed by atoms with E-state index in [9.17, 15) is 9.18 Å².